The summed E-state index contributed by atoms with van der Waals surface area (Å²) in [5.41, 5.74) is 0. The van der Waals surface area contributed by atoms with Crippen molar-refractivity contribution in [1.29, 1.82) is 0 Å². The van der Waals surface area contributed by atoms with E-state index in [1.165, 1.54) is 0 Å². The van der Waals surface area contributed by atoms with Crippen molar-refractivity contribution in [3.05, 3.63) is 0 Å². The molecule has 0 radical (unpaired) electrons. The molecule has 0 rings (SSSR count). The molecule has 0 aliphatic rings. The van der Waals surface area contributed by atoms with Gasteiger partial charge in [0.1, 0.15) is 0 Å². The first-order chi connectivity index (χ1) is 2.00. The van der Waals surface area contributed by atoms with Gasteiger partial charge in [0.25, 0.3) is 0 Å². The van der Waals surface area contributed by atoms with Gasteiger partial charge >= 0.3 is 32.0 Å². The van der Waals surface area contributed by atoms with E-state index in [2.05, 4.69) is 0 Å². The first-order valence-electron chi connectivity index (χ1n) is 0.849. The molecule has 0 aliphatic heterocycles. The molecule has 0 atom stereocenters. The van der Waals surface area contributed by atoms with Gasteiger partial charge in [0.15, 0.2) is 0 Å². The van der Waals surface area contributed by atoms with Gasteiger partial charge in [-0.25, -0.2) is 0 Å². The van der Waals surface area contributed by atoms with E-state index in [0.717, 1.165) is 11.6 Å². The van der Waals surface area contributed by atoms with Crippen LogP contribution in [0.5, 0.6) is 0 Å². The topological polar surface area (TPSA) is 34.1 Å². The molecule has 0 saturated carbocycles. The van der Waals surface area contributed by atoms with E-state index in [9.17, 15) is 7.67 Å². The van der Waals surface area contributed by atoms with E-state index in [4.69, 9.17) is 0 Å². The molecule has 3 heteroatoms. The fraction of sp³-hybridized carbons (Fsp3) is 1.00. The van der Waals surface area contributed by atoms with Crippen molar-refractivity contribution in [3.63, 3.8) is 0 Å². The van der Waals surface area contributed by atoms with Gasteiger partial charge in [-0.1, -0.05) is 0 Å². The maximum absolute atomic E-state index is 9.63. The summed E-state index contributed by atoms with van der Waals surface area (Å²) in [6.07, 6.45) is 0. The van der Waals surface area contributed by atoms with Gasteiger partial charge in [0.05, 0.1) is 0 Å². The molecule has 0 aromatic rings. The van der Waals surface area contributed by atoms with Gasteiger partial charge < -0.3 is 0 Å². The Kier molecular flexibility index (Phi) is 1.10. The zero-order chi connectivity index (χ0) is 4.50. The molecule has 0 N–H and O–H groups in total. The second-order valence-electron chi connectivity index (χ2n) is 0.844. The molecule has 0 fully saturated rings. The summed E-state index contributed by atoms with van der Waals surface area (Å²) in [7, 11) is 0. The van der Waals surface area contributed by atoms with E-state index in [0.29, 0.717) is 0 Å². The van der Waals surface area contributed by atoms with Crippen LogP contribution in [0.2, 0.25) is 11.6 Å². The Bertz CT molecular complexity index is 90.8. The molecule has 37 valence electrons. The molecule has 0 bridgehead atoms. The molecule has 0 aliphatic carbocycles. The van der Waals surface area contributed by atoms with Crippen molar-refractivity contribution in [3.8, 4) is 0 Å². The first-order valence-corrected chi connectivity index (χ1v) is 3.50. The second-order valence-corrected chi connectivity index (χ2v) is 3.48. The van der Waals surface area contributed by atoms with Crippen molar-refractivity contribution >= 4 is 0 Å². The Morgan fingerprint density at radius 1 is 1.20 bits per heavy atom. The van der Waals surface area contributed by atoms with Crippen LogP contribution in [0.4, 0.5) is 0 Å². The minimum absolute atomic E-state index is 1.15. The summed E-state index contributed by atoms with van der Waals surface area (Å²) < 4.78 is 19.3. The Balaban J connectivity index is 4.06. The third-order valence-corrected chi connectivity index (χ3v) is 0. The molecule has 0 aromatic carbocycles. The van der Waals surface area contributed by atoms with E-state index in [1.807, 2.05) is 0 Å². The Morgan fingerprint density at radius 2 is 1.20 bits per heavy atom. The zero-order valence-electron chi connectivity index (χ0n) is 3.12. The molecule has 0 saturated heterocycles. The molecule has 0 amide bonds. The molecule has 5 heavy (non-hydrogen) atoms. The quantitative estimate of drug-likeness (QED) is 0.452. The van der Waals surface area contributed by atoms with Crippen LogP contribution in [0.3, 0.4) is 0 Å². The predicted octanol–water partition coefficient (Wildman–Crippen LogP) is 0.927. The first kappa shape index (κ1) is 5.12. The van der Waals surface area contributed by atoms with Crippen LogP contribution in [0.15, 0.2) is 0 Å². The van der Waals surface area contributed by atoms with Crippen LogP contribution in [0.1, 0.15) is 0 Å². The van der Waals surface area contributed by atoms with Crippen molar-refractivity contribution in [2.45, 2.75) is 11.6 Å². The third kappa shape index (κ3) is 1300. The average Bonchev–Trinajstić information content (AvgIpc) is 0.722. The van der Waals surface area contributed by atoms with Gasteiger partial charge in [-0.15, -0.1) is 0 Å². The van der Waals surface area contributed by atoms with Crippen molar-refractivity contribution < 1.29 is 20.4 Å². The molecule has 2 nitrogen and oxygen atoms in total. The molecule has 0 aromatic heterocycles. The van der Waals surface area contributed by atoms with Gasteiger partial charge in [0, 0.05) is 0 Å². The van der Waals surface area contributed by atoms with Crippen LogP contribution < -0.4 is 0 Å². The summed E-state index contributed by atoms with van der Waals surface area (Å²) in [6.45, 7) is 0. The minimum atomic E-state index is -2.62. The van der Waals surface area contributed by atoms with Crippen LogP contribution in [-0.4, -0.2) is 0 Å². The van der Waals surface area contributed by atoms with E-state index < -0.39 is 12.7 Å². The molecule has 0 spiro atoms. The average molecular weight is 126 g/mol. The second kappa shape index (κ2) is 1.07. The van der Waals surface area contributed by atoms with Gasteiger partial charge in [-0.2, -0.15) is 0 Å². The predicted molar refractivity (Wildman–Crippen MR) is 13.1 cm³/mol. The van der Waals surface area contributed by atoms with Crippen molar-refractivity contribution in [2.75, 3.05) is 0 Å². The molecule has 0 heterocycles. The Labute approximate surface area is 32.8 Å². The van der Waals surface area contributed by atoms with E-state index in [-0.39, 0.29) is 0 Å². The Hall–Kier alpha value is 0.119. The van der Waals surface area contributed by atoms with Crippen LogP contribution in [-0.2, 0) is 20.4 Å². The summed E-state index contributed by atoms with van der Waals surface area (Å²) in [5.74, 6) is 2.31. The Morgan fingerprint density at radius 3 is 1.20 bits per heavy atom. The standard InChI is InChI=1S/2CH3.Cu.2O/h2*1H3;;;. The van der Waals surface area contributed by atoms with Crippen LogP contribution >= 0.6 is 0 Å². The molecular weight excluding hydrogens is 120 g/mol. The van der Waals surface area contributed by atoms with Gasteiger partial charge in [-0.05, 0) is 0 Å². The van der Waals surface area contributed by atoms with E-state index >= 15 is 0 Å². The number of hydrogen-bond donors (Lipinski definition) is 0. The van der Waals surface area contributed by atoms with Crippen molar-refractivity contribution in [1.82, 2.24) is 0 Å². The van der Waals surface area contributed by atoms with Crippen LogP contribution in [0.25, 0.3) is 0 Å². The number of rotatable bonds is 0. The summed E-state index contributed by atoms with van der Waals surface area (Å²) >= 11 is -2.62. The fourth-order valence-electron chi connectivity index (χ4n) is 0. The third-order valence-electron chi connectivity index (χ3n) is 0. The maximum atomic E-state index is 9.63. The SMILES string of the molecule is [CH3][Cu]([CH3])(=[O])=[O]. The zero-order valence-corrected chi connectivity index (χ0v) is 4.06. The molecular formula is C2H6CuO2. The summed E-state index contributed by atoms with van der Waals surface area (Å²) in [6, 6.07) is 0. The van der Waals surface area contributed by atoms with Crippen molar-refractivity contribution in [2.24, 2.45) is 0 Å². The van der Waals surface area contributed by atoms with Gasteiger partial charge in [-0.3, -0.25) is 0 Å². The summed E-state index contributed by atoms with van der Waals surface area (Å²) in [4.78, 5) is 0. The normalized spacial score (nSPS) is 14.8. The number of hydrogen-bond acceptors (Lipinski definition) is 2. The summed E-state index contributed by atoms with van der Waals surface area (Å²) in [5, 5.41) is 0. The van der Waals surface area contributed by atoms with Gasteiger partial charge in [0.2, 0.25) is 0 Å². The fourth-order valence-corrected chi connectivity index (χ4v) is 0. The molecule has 0 unspecified atom stereocenters. The van der Waals surface area contributed by atoms with E-state index in [1.54, 1.807) is 0 Å². The van der Waals surface area contributed by atoms with Crippen LogP contribution in [0, 0.1) is 0 Å². The monoisotopic (exact) mass is 125 g/mol.